The standard InChI is InChI=1S/C16H22N2O4S/c1-17-11-13-7-9-18(10-8-15(13)23(17,20)21)16(19)12-22-14-5-3-2-4-6-14/h2-6,13,15H,7-12H2,1H3/t13-,15-/m1/s1. The van der Waals surface area contributed by atoms with Crippen LogP contribution in [0.1, 0.15) is 12.8 Å². The summed E-state index contributed by atoms with van der Waals surface area (Å²) in [6.07, 6.45) is 1.24. The minimum absolute atomic E-state index is 0.00794. The first-order chi connectivity index (χ1) is 11.0. The molecule has 1 aromatic rings. The molecule has 0 saturated carbocycles. The molecule has 1 amide bonds. The number of para-hydroxylation sites is 1. The van der Waals surface area contributed by atoms with Crippen LogP contribution in [0.2, 0.25) is 0 Å². The molecule has 2 aliphatic rings. The summed E-state index contributed by atoms with van der Waals surface area (Å²) in [7, 11) is -1.55. The van der Waals surface area contributed by atoms with Gasteiger partial charge in [-0.2, -0.15) is 0 Å². The second-order valence-electron chi connectivity index (χ2n) is 6.18. The fourth-order valence-corrected chi connectivity index (χ4v) is 5.38. The van der Waals surface area contributed by atoms with Crippen LogP contribution in [-0.2, 0) is 14.8 Å². The van der Waals surface area contributed by atoms with Gasteiger partial charge in [-0.25, -0.2) is 12.7 Å². The Morgan fingerprint density at radius 1 is 1.22 bits per heavy atom. The Kier molecular flexibility index (Phi) is 4.59. The summed E-state index contributed by atoms with van der Waals surface area (Å²) in [5, 5.41) is -0.347. The van der Waals surface area contributed by atoms with Crippen LogP contribution < -0.4 is 4.74 Å². The van der Waals surface area contributed by atoms with Gasteiger partial charge in [0.05, 0.1) is 5.25 Å². The van der Waals surface area contributed by atoms with Gasteiger partial charge in [0.1, 0.15) is 5.75 Å². The average molecular weight is 338 g/mol. The van der Waals surface area contributed by atoms with Gasteiger partial charge in [0, 0.05) is 26.7 Å². The number of fused-ring (bicyclic) bond motifs is 1. The van der Waals surface area contributed by atoms with Gasteiger partial charge in [-0.1, -0.05) is 18.2 Å². The van der Waals surface area contributed by atoms with Crippen molar-refractivity contribution in [3.8, 4) is 5.75 Å². The van der Waals surface area contributed by atoms with E-state index in [9.17, 15) is 13.2 Å². The van der Waals surface area contributed by atoms with Crippen LogP contribution in [0.15, 0.2) is 30.3 Å². The predicted octanol–water partition coefficient (Wildman–Crippen LogP) is 0.948. The lowest BCUT2D eigenvalue weighted by Crippen LogP contribution is -2.37. The van der Waals surface area contributed by atoms with Crippen molar-refractivity contribution in [2.45, 2.75) is 18.1 Å². The highest BCUT2D eigenvalue weighted by molar-refractivity contribution is 7.90. The van der Waals surface area contributed by atoms with Crippen LogP contribution in [0.5, 0.6) is 5.75 Å². The van der Waals surface area contributed by atoms with Gasteiger partial charge in [-0.05, 0) is 30.9 Å². The molecule has 7 heteroatoms. The molecular weight excluding hydrogens is 316 g/mol. The Morgan fingerprint density at radius 2 is 1.91 bits per heavy atom. The second-order valence-corrected chi connectivity index (χ2v) is 8.44. The normalized spacial score (nSPS) is 27.3. The molecule has 0 unspecified atom stereocenters. The Bertz CT molecular complexity index is 662. The summed E-state index contributed by atoms with van der Waals surface area (Å²) < 4.78 is 31.5. The molecule has 2 aliphatic heterocycles. The predicted molar refractivity (Wildman–Crippen MR) is 86.6 cm³/mol. The smallest absolute Gasteiger partial charge is 0.260 e. The van der Waals surface area contributed by atoms with Crippen molar-refractivity contribution in [1.82, 2.24) is 9.21 Å². The third-order valence-electron chi connectivity index (χ3n) is 4.75. The first-order valence-electron chi connectivity index (χ1n) is 7.89. The van der Waals surface area contributed by atoms with E-state index < -0.39 is 10.0 Å². The van der Waals surface area contributed by atoms with Gasteiger partial charge in [0.25, 0.3) is 5.91 Å². The summed E-state index contributed by atoms with van der Waals surface area (Å²) in [4.78, 5) is 14.0. The number of nitrogens with zero attached hydrogens (tertiary/aromatic N) is 2. The van der Waals surface area contributed by atoms with Crippen molar-refractivity contribution in [2.75, 3.05) is 33.3 Å². The molecule has 0 bridgehead atoms. The molecule has 1 aromatic carbocycles. The van der Waals surface area contributed by atoms with Crippen molar-refractivity contribution < 1.29 is 17.9 Å². The highest BCUT2D eigenvalue weighted by atomic mass is 32.2. The van der Waals surface area contributed by atoms with Crippen molar-refractivity contribution in [1.29, 1.82) is 0 Å². The van der Waals surface area contributed by atoms with E-state index in [0.717, 1.165) is 6.42 Å². The molecule has 3 rings (SSSR count). The molecule has 6 nitrogen and oxygen atoms in total. The molecular formula is C16H22N2O4S. The third kappa shape index (κ3) is 3.35. The fraction of sp³-hybridized carbons (Fsp3) is 0.562. The number of likely N-dealkylation sites (tertiary alicyclic amines) is 1. The molecule has 0 spiro atoms. The van der Waals surface area contributed by atoms with E-state index in [-0.39, 0.29) is 23.7 Å². The van der Waals surface area contributed by atoms with E-state index in [0.29, 0.717) is 31.8 Å². The van der Waals surface area contributed by atoms with Crippen molar-refractivity contribution >= 4 is 15.9 Å². The zero-order valence-electron chi connectivity index (χ0n) is 13.2. The largest absolute Gasteiger partial charge is 0.484 e. The summed E-state index contributed by atoms with van der Waals surface area (Å²) in [5.41, 5.74) is 0. The quantitative estimate of drug-likeness (QED) is 0.823. The Labute approximate surface area is 137 Å². The Hall–Kier alpha value is -1.60. The van der Waals surface area contributed by atoms with Gasteiger partial charge in [0.15, 0.2) is 6.61 Å². The molecule has 2 saturated heterocycles. The van der Waals surface area contributed by atoms with Gasteiger partial charge >= 0.3 is 0 Å². The molecule has 23 heavy (non-hydrogen) atoms. The maximum Gasteiger partial charge on any atom is 0.260 e. The number of rotatable bonds is 3. The number of amides is 1. The molecule has 2 atom stereocenters. The molecule has 2 fully saturated rings. The summed E-state index contributed by atoms with van der Waals surface area (Å²) in [6, 6.07) is 9.22. The SMILES string of the molecule is CN1C[C@H]2CCN(C(=O)COc3ccccc3)CC[C@H]2S1(=O)=O. The molecule has 0 radical (unpaired) electrons. The summed E-state index contributed by atoms with van der Waals surface area (Å²) >= 11 is 0. The van der Waals surface area contributed by atoms with E-state index in [2.05, 4.69) is 0 Å². The van der Waals surface area contributed by atoms with Crippen molar-refractivity contribution in [2.24, 2.45) is 5.92 Å². The zero-order chi connectivity index (χ0) is 16.4. The maximum absolute atomic E-state index is 12.3. The molecule has 126 valence electrons. The van der Waals surface area contributed by atoms with Crippen molar-refractivity contribution in [3.05, 3.63) is 30.3 Å². The lowest BCUT2D eigenvalue weighted by Gasteiger charge is -2.21. The van der Waals surface area contributed by atoms with Crippen LogP contribution in [-0.4, -0.2) is 62.1 Å². The number of hydrogen-bond donors (Lipinski definition) is 0. The van der Waals surface area contributed by atoms with Gasteiger partial charge < -0.3 is 9.64 Å². The van der Waals surface area contributed by atoms with E-state index in [1.165, 1.54) is 4.31 Å². The highest BCUT2D eigenvalue weighted by Gasteiger charge is 2.45. The third-order valence-corrected chi connectivity index (χ3v) is 7.15. The lowest BCUT2D eigenvalue weighted by atomic mass is 10.0. The average Bonchev–Trinajstić information content (AvgIpc) is 2.71. The second kappa shape index (κ2) is 6.49. The molecule has 2 heterocycles. The van der Waals surface area contributed by atoms with Crippen molar-refractivity contribution in [3.63, 3.8) is 0 Å². The Balaban J connectivity index is 1.58. The van der Waals surface area contributed by atoms with Gasteiger partial charge in [0.2, 0.25) is 10.0 Å². The van der Waals surface area contributed by atoms with Crippen LogP contribution in [0.4, 0.5) is 0 Å². The summed E-state index contributed by atoms with van der Waals surface area (Å²) in [6.45, 7) is 1.63. The lowest BCUT2D eigenvalue weighted by molar-refractivity contribution is -0.133. The van der Waals surface area contributed by atoms with Crippen LogP contribution in [0.25, 0.3) is 0 Å². The molecule has 0 aromatic heterocycles. The first kappa shape index (κ1) is 16.3. The van der Waals surface area contributed by atoms with E-state index in [1.807, 2.05) is 30.3 Å². The van der Waals surface area contributed by atoms with Crippen LogP contribution in [0.3, 0.4) is 0 Å². The number of ether oxygens (including phenoxy) is 1. The minimum Gasteiger partial charge on any atom is -0.484 e. The molecule has 0 aliphatic carbocycles. The monoisotopic (exact) mass is 338 g/mol. The number of carbonyl (C=O) groups excluding carboxylic acids is 1. The zero-order valence-corrected chi connectivity index (χ0v) is 14.0. The van der Waals surface area contributed by atoms with E-state index >= 15 is 0 Å². The minimum atomic E-state index is -3.19. The van der Waals surface area contributed by atoms with Gasteiger partial charge in [-0.3, -0.25) is 4.79 Å². The first-order valence-corrected chi connectivity index (χ1v) is 9.39. The van der Waals surface area contributed by atoms with E-state index in [1.54, 1.807) is 11.9 Å². The van der Waals surface area contributed by atoms with E-state index in [4.69, 9.17) is 4.74 Å². The number of benzene rings is 1. The highest BCUT2D eigenvalue weighted by Crippen LogP contribution is 2.33. The fourth-order valence-electron chi connectivity index (χ4n) is 3.41. The van der Waals surface area contributed by atoms with Crippen LogP contribution >= 0.6 is 0 Å². The topological polar surface area (TPSA) is 66.9 Å². The van der Waals surface area contributed by atoms with Gasteiger partial charge in [-0.15, -0.1) is 0 Å². The maximum atomic E-state index is 12.3. The number of sulfonamides is 1. The van der Waals surface area contributed by atoms with Crippen LogP contribution in [0, 0.1) is 5.92 Å². The Morgan fingerprint density at radius 3 is 2.65 bits per heavy atom. The summed E-state index contributed by atoms with van der Waals surface area (Å²) in [5.74, 6) is 0.703. The number of carbonyl (C=O) groups is 1. The number of hydrogen-bond acceptors (Lipinski definition) is 4. The molecule has 0 N–H and O–H groups in total.